The van der Waals surface area contributed by atoms with Crippen molar-refractivity contribution in [2.75, 3.05) is 12.0 Å². The maximum atomic E-state index is 13.4. The molecule has 0 fully saturated rings. The summed E-state index contributed by atoms with van der Waals surface area (Å²) in [7, 11) is 1.64. The van der Waals surface area contributed by atoms with Crippen molar-refractivity contribution in [2.24, 2.45) is 0 Å². The normalized spacial score (nSPS) is 19.7. The van der Waals surface area contributed by atoms with Gasteiger partial charge in [-0.3, -0.25) is 4.79 Å². The number of aryl methyl sites for hydroxylation is 1. The van der Waals surface area contributed by atoms with Crippen LogP contribution in [0, 0.1) is 6.92 Å². The van der Waals surface area contributed by atoms with Gasteiger partial charge in [0.05, 0.1) is 31.4 Å². The van der Waals surface area contributed by atoms with Crippen LogP contribution in [0.4, 0.5) is 5.69 Å². The molecule has 33 heavy (non-hydrogen) atoms. The Morgan fingerprint density at radius 3 is 2.79 bits per heavy atom. The van der Waals surface area contributed by atoms with Crippen LogP contribution in [0.3, 0.4) is 0 Å². The molecule has 0 saturated heterocycles. The van der Waals surface area contributed by atoms with E-state index in [-0.39, 0.29) is 5.91 Å². The summed E-state index contributed by atoms with van der Waals surface area (Å²) in [5, 5.41) is 0.837. The van der Waals surface area contributed by atoms with Crippen LogP contribution in [0.25, 0.3) is 11.3 Å². The fourth-order valence-corrected chi connectivity index (χ4v) is 4.40. The van der Waals surface area contributed by atoms with Crippen LogP contribution in [0.2, 0.25) is 0 Å². The van der Waals surface area contributed by atoms with E-state index in [4.69, 9.17) is 16.3 Å². The van der Waals surface area contributed by atoms with E-state index in [1.807, 2.05) is 60.2 Å². The number of carbonyl (C=O) groups is 1. The molecule has 0 N–H and O–H groups in total. The second kappa shape index (κ2) is 8.75. The number of methoxy groups -OCH3 is 1. The van der Waals surface area contributed by atoms with E-state index in [0.29, 0.717) is 12.3 Å². The Balaban J connectivity index is 1.46. The number of fused-ring (bicyclic) bond motifs is 1. The van der Waals surface area contributed by atoms with Gasteiger partial charge in [0.2, 0.25) is 0 Å². The molecule has 2 aromatic carbocycles. The molecule has 2 aliphatic rings. The predicted molar refractivity (Wildman–Crippen MR) is 132 cm³/mol. The Bertz CT molecular complexity index is 1330. The van der Waals surface area contributed by atoms with Gasteiger partial charge in [0.1, 0.15) is 5.75 Å². The van der Waals surface area contributed by atoms with E-state index in [9.17, 15) is 4.79 Å². The SMILES string of the molecule is COc1cc(N2Cc3ccc(C4=C/C=C(/Cl)CC/C=C\4)cc3C2=O)ccc1-n1cnc(C)c1. The summed E-state index contributed by atoms with van der Waals surface area (Å²) >= 11 is 6.23. The number of hydrogen-bond donors (Lipinski definition) is 0. The van der Waals surface area contributed by atoms with E-state index in [2.05, 4.69) is 23.2 Å². The highest BCUT2D eigenvalue weighted by Gasteiger charge is 2.29. The van der Waals surface area contributed by atoms with Gasteiger partial charge in [-0.25, -0.2) is 4.98 Å². The zero-order chi connectivity index (χ0) is 22.9. The molecule has 0 spiro atoms. The third kappa shape index (κ3) is 4.12. The molecule has 6 heteroatoms. The van der Waals surface area contributed by atoms with Gasteiger partial charge in [0.15, 0.2) is 0 Å². The number of allylic oxidation sites excluding steroid dienone is 6. The van der Waals surface area contributed by atoms with Crippen LogP contribution < -0.4 is 9.64 Å². The second-order valence-electron chi connectivity index (χ2n) is 8.22. The molecule has 0 atom stereocenters. The zero-order valence-corrected chi connectivity index (χ0v) is 19.3. The number of halogens is 1. The van der Waals surface area contributed by atoms with Crippen LogP contribution in [-0.2, 0) is 6.54 Å². The van der Waals surface area contributed by atoms with Gasteiger partial charge >= 0.3 is 0 Å². The van der Waals surface area contributed by atoms with Crippen LogP contribution in [0.5, 0.6) is 5.75 Å². The molecule has 5 rings (SSSR count). The van der Waals surface area contributed by atoms with E-state index in [1.54, 1.807) is 18.3 Å². The summed E-state index contributed by atoms with van der Waals surface area (Å²) in [6.07, 6.45) is 13.6. The number of hydrogen-bond acceptors (Lipinski definition) is 3. The number of rotatable bonds is 4. The maximum absolute atomic E-state index is 13.4. The fraction of sp³-hybridized carbons (Fsp3) is 0.185. The molecular weight excluding hydrogens is 434 g/mol. The van der Waals surface area contributed by atoms with Crippen molar-refractivity contribution in [2.45, 2.75) is 26.3 Å². The average molecular weight is 458 g/mol. The molecule has 0 saturated carbocycles. The van der Waals surface area contributed by atoms with Gasteiger partial charge in [-0.15, -0.1) is 0 Å². The first-order valence-corrected chi connectivity index (χ1v) is 11.3. The summed E-state index contributed by atoms with van der Waals surface area (Å²) in [6, 6.07) is 11.9. The fourth-order valence-electron chi connectivity index (χ4n) is 4.23. The highest BCUT2D eigenvalue weighted by molar-refractivity contribution is 6.29. The monoisotopic (exact) mass is 457 g/mol. The molecule has 0 bridgehead atoms. The lowest BCUT2D eigenvalue weighted by molar-refractivity contribution is 0.0996. The van der Waals surface area contributed by atoms with Crippen molar-refractivity contribution in [1.29, 1.82) is 0 Å². The van der Waals surface area contributed by atoms with E-state index >= 15 is 0 Å². The van der Waals surface area contributed by atoms with Gasteiger partial charge in [-0.05, 0) is 60.7 Å². The molecular formula is C27H24ClN3O2. The Hall–Kier alpha value is -3.57. The predicted octanol–water partition coefficient (Wildman–Crippen LogP) is 6.21. The minimum atomic E-state index is -0.0101. The Morgan fingerprint density at radius 2 is 2.00 bits per heavy atom. The third-order valence-corrected chi connectivity index (χ3v) is 6.32. The second-order valence-corrected chi connectivity index (χ2v) is 8.70. The molecule has 2 heterocycles. The summed E-state index contributed by atoms with van der Waals surface area (Å²) in [5.74, 6) is 0.673. The number of anilines is 1. The smallest absolute Gasteiger partial charge is 0.258 e. The highest BCUT2D eigenvalue weighted by atomic mass is 35.5. The lowest BCUT2D eigenvalue weighted by Gasteiger charge is -2.18. The average Bonchev–Trinajstić information content (AvgIpc) is 3.39. The van der Waals surface area contributed by atoms with Gasteiger partial charge in [0.25, 0.3) is 5.91 Å². The molecule has 3 aromatic rings. The quantitative estimate of drug-likeness (QED) is 0.468. The Morgan fingerprint density at radius 1 is 1.12 bits per heavy atom. The lowest BCUT2D eigenvalue weighted by atomic mass is 9.98. The molecule has 0 unspecified atom stereocenters. The van der Waals surface area contributed by atoms with Crippen molar-refractivity contribution in [3.63, 3.8) is 0 Å². The highest BCUT2D eigenvalue weighted by Crippen LogP contribution is 2.35. The number of aromatic nitrogens is 2. The number of benzene rings is 2. The van der Waals surface area contributed by atoms with E-state index in [1.165, 1.54) is 0 Å². The van der Waals surface area contributed by atoms with Gasteiger partial charge in [0, 0.05) is 28.5 Å². The standard InChI is InChI=1S/C27H24ClN3O2/c1-18-15-30(17-29-18)25-12-11-23(14-26(25)33-2)31-16-21-8-7-20(13-24(21)27(31)32)19-5-3-4-6-22(28)10-9-19/h3,5,7-15,17H,4,6,16H2,1-2H3/b5-3-,19-9+,22-10+. The van der Waals surface area contributed by atoms with Crippen LogP contribution in [0.15, 0.2) is 78.3 Å². The van der Waals surface area contributed by atoms with Crippen molar-refractivity contribution < 1.29 is 9.53 Å². The van der Waals surface area contributed by atoms with Crippen LogP contribution in [-0.4, -0.2) is 22.6 Å². The van der Waals surface area contributed by atoms with Crippen LogP contribution >= 0.6 is 11.6 Å². The van der Waals surface area contributed by atoms with E-state index < -0.39 is 0 Å². The lowest BCUT2D eigenvalue weighted by Crippen LogP contribution is -2.23. The zero-order valence-electron chi connectivity index (χ0n) is 18.6. The van der Waals surface area contributed by atoms with Gasteiger partial charge in [-0.2, -0.15) is 0 Å². The first-order valence-electron chi connectivity index (χ1n) is 10.9. The summed E-state index contributed by atoms with van der Waals surface area (Å²) in [5.41, 5.74) is 6.40. The van der Waals surface area contributed by atoms with Crippen molar-refractivity contribution in [3.8, 4) is 11.4 Å². The molecule has 1 aliphatic heterocycles. The first kappa shape index (κ1) is 21.3. The molecule has 5 nitrogen and oxygen atoms in total. The number of ether oxygens (including phenoxy) is 1. The minimum Gasteiger partial charge on any atom is -0.494 e. The summed E-state index contributed by atoms with van der Waals surface area (Å²) in [6.45, 7) is 2.47. The summed E-state index contributed by atoms with van der Waals surface area (Å²) < 4.78 is 7.55. The van der Waals surface area contributed by atoms with Crippen molar-refractivity contribution in [3.05, 3.63) is 101 Å². The number of amides is 1. The number of nitrogens with zero attached hydrogens (tertiary/aromatic N) is 3. The molecule has 0 radical (unpaired) electrons. The molecule has 166 valence electrons. The maximum Gasteiger partial charge on any atom is 0.258 e. The largest absolute Gasteiger partial charge is 0.494 e. The Labute approximate surface area is 198 Å². The number of carbonyl (C=O) groups excluding carboxylic acids is 1. The minimum absolute atomic E-state index is 0.0101. The first-order chi connectivity index (χ1) is 16.0. The van der Waals surface area contributed by atoms with E-state index in [0.717, 1.165) is 57.2 Å². The van der Waals surface area contributed by atoms with Gasteiger partial charge in [-0.1, -0.05) is 42.0 Å². The Kier molecular flexibility index (Phi) is 5.65. The third-order valence-electron chi connectivity index (χ3n) is 6.00. The van der Waals surface area contributed by atoms with Gasteiger partial charge < -0.3 is 14.2 Å². The van der Waals surface area contributed by atoms with Crippen LogP contribution in [0.1, 0.15) is 40.0 Å². The molecule has 1 aromatic heterocycles. The van der Waals surface area contributed by atoms with Crippen molar-refractivity contribution in [1.82, 2.24) is 9.55 Å². The molecule has 1 aliphatic carbocycles. The summed E-state index contributed by atoms with van der Waals surface area (Å²) in [4.78, 5) is 19.4. The number of imidazole rings is 1. The molecule has 1 amide bonds. The topological polar surface area (TPSA) is 47.4 Å². The van der Waals surface area contributed by atoms with Crippen molar-refractivity contribution >= 4 is 28.8 Å².